The zero-order valence-corrected chi connectivity index (χ0v) is 14.3. The van der Waals surface area contributed by atoms with Crippen molar-refractivity contribution in [2.24, 2.45) is 0 Å². The Morgan fingerprint density at radius 3 is 2.88 bits per heavy atom. The summed E-state index contributed by atoms with van der Waals surface area (Å²) in [6.45, 7) is 5.37. The molecule has 126 valence electrons. The third-order valence-corrected chi connectivity index (χ3v) is 4.37. The summed E-state index contributed by atoms with van der Waals surface area (Å²) in [5.41, 5.74) is 3.15. The number of benzene rings is 2. The Kier molecular flexibility index (Phi) is 5.04. The zero-order chi connectivity index (χ0) is 16.9. The first-order valence-electron chi connectivity index (χ1n) is 8.55. The van der Waals surface area contributed by atoms with E-state index in [9.17, 15) is 4.79 Å². The van der Waals surface area contributed by atoms with E-state index in [-0.39, 0.29) is 12.1 Å². The molecule has 2 amide bonds. The van der Waals surface area contributed by atoms with Gasteiger partial charge < -0.3 is 15.0 Å². The number of anilines is 1. The Bertz CT molecular complexity index is 714. The molecule has 1 saturated heterocycles. The van der Waals surface area contributed by atoms with Gasteiger partial charge in [-0.25, -0.2) is 4.79 Å². The van der Waals surface area contributed by atoms with E-state index >= 15 is 0 Å². The lowest BCUT2D eigenvalue weighted by molar-refractivity contribution is 0.207. The van der Waals surface area contributed by atoms with Crippen LogP contribution in [-0.2, 0) is 0 Å². The average molecular weight is 324 g/mol. The number of urea groups is 1. The van der Waals surface area contributed by atoms with Gasteiger partial charge in [-0.15, -0.1) is 0 Å². The molecule has 1 heterocycles. The number of amides is 2. The molecule has 1 N–H and O–H groups in total. The zero-order valence-electron chi connectivity index (χ0n) is 14.3. The van der Waals surface area contributed by atoms with Gasteiger partial charge in [0.1, 0.15) is 5.75 Å². The maximum Gasteiger partial charge on any atom is 0.322 e. The fraction of sp³-hybridized carbons (Fsp3) is 0.350. The first kappa shape index (κ1) is 16.4. The van der Waals surface area contributed by atoms with Crippen LogP contribution in [-0.4, -0.2) is 24.1 Å². The molecule has 0 saturated carbocycles. The number of hydrogen-bond acceptors (Lipinski definition) is 2. The molecule has 1 aliphatic rings. The number of rotatable bonds is 4. The molecule has 4 nitrogen and oxygen atoms in total. The molecule has 24 heavy (non-hydrogen) atoms. The second-order valence-corrected chi connectivity index (χ2v) is 6.12. The molecule has 4 heteroatoms. The van der Waals surface area contributed by atoms with Crippen LogP contribution in [0.1, 0.15) is 36.9 Å². The van der Waals surface area contributed by atoms with Gasteiger partial charge in [-0.05, 0) is 44.4 Å². The SMILES string of the molecule is CCOc1ccccc1NC(=O)N1CCCC1c1cccc(C)c1. The van der Waals surface area contributed by atoms with Crippen LogP contribution in [0.3, 0.4) is 0 Å². The molecule has 1 fully saturated rings. The van der Waals surface area contributed by atoms with Gasteiger partial charge in [-0.3, -0.25) is 0 Å². The van der Waals surface area contributed by atoms with Gasteiger partial charge in [0.15, 0.2) is 0 Å². The van der Waals surface area contributed by atoms with Gasteiger partial charge in [-0.2, -0.15) is 0 Å². The smallest absolute Gasteiger partial charge is 0.322 e. The standard InChI is InChI=1S/C20H24N2O2/c1-3-24-19-12-5-4-10-17(19)21-20(23)22-13-7-11-18(22)16-9-6-8-15(2)14-16/h4-6,8-10,12,14,18H,3,7,11,13H2,1-2H3,(H,21,23). The third-order valence-electron chi connectivity index (χ3n) is 4.37. The number of carbonyl (C=O) groups excluding carboxylic acids is 1. The minimum absolute atomic E-state index is 0.0637. The highest BCUT2D eigenvalue weighted by Crippen LogP contribution is 2.33. The Labute approximate surface area is 143 Å². The maximum atomic E-state index is 12.8. The number of hydrogen-bond donors (Lipinski definition) is 1. The van der Waals surface area contributed by atoms with Crippen molar-refractivity contribution in [2.45, 2.75) is 32.7 Å². The molecule has 0 bridgehead atoms. The fourth-order valence-corrected chi connectivity index (χ4v) is 3.27. The second kappa shape index (κ2) is 7.39. The van der Waals surface area contributed by atoms with Crippen LogP contribution in [0.4, 0.5) is 10.5 Å². The summed E-state index contributed by atoms with van der Waals surface area (Å²) in [4.78, 5) is 14.7. The number of para-hydroxylation sites is 2. The number of nitrogens with zero attached hydrogens (tertiary/aromatic N) is 1. The van der Waals surface area contributed by atoms with E-state index in [1.807, 2.05) is 36.1 Å². The minimum atomic E-state index is -0.0637. The first-order valence-corrected chi connectivity index (χ1v) is 8.55. The summed E-state index contributed by atoms with van der Waals surface area (Å²) in [6, 6.07) is 16.1. The van der Waals surface area contributed by atoms with Crippen molar-refractivity contribution in [3.63, 3.8) is 0 Å². The average Bonchev–Trinajstić information content (AvgIpc) is 3.07. The number of carbonyl (C=O) groups is 1. The van der Waals surface area contributed by atoms with Crippen molar-refractivity contribution >= 4 is 11.7 Å². The Morgan fingerprint density at radius 1 is 1.25 bits per heavy atom. The predicted octanol–water partition coefficient (Wildman–Crippen LogP) is 4.76. The van der Waals surface area contributed by atoms with Crippen LogP contribution in [0, 0.1) is 6.92 Å². The number of likely N-dealkylation sites (tertiary alicyclic amines) is 1. The topological polar surface area (TPSA) is 41.6 Å². The molecule has 0 radical (unpaired) electrons. The normalized spacial score (nSPS) is 16.9. The van der Waals surface area contributed by atoms with Crippen LogP contribution in [0.25, 0.3) is 0 Å². The monoisotopic (exact) mass is 324 g/mol. The summed E-state index contributed by atoms with van der Waals surface area (Å²) >= 11 is 0. The van der Waals surface area contributed by atoms with Crippen LogP contribution in [0.15, 0.2) is 48.5 Å². The quantitative estimate of drug-likeness (QED) is 0.880. The van der Waals surface area contributed by atoms with Crippen molar-refractivity contribution in [3.8, 4) is 5.75 Å². The van der Waals surface area contributed by atoms with E-state index < -0.39 is 0 Å². The summed E-state index contributed by atoms with van der Waals surface area (Å²) in [5, 5.41) is 3.01. The summed E-state index contributed by atoms with van der Waals surface area (Å²) in [6.07, 6.45) is 2.03. The molecular weight excluding hydrogens is 300 g/mol. The second-order valence-electron chi connectivity index (χ2n) is 6.12. The predicted molar refractivity (Wildman–Crippen MR) is 96.5 cm³/mol. The molecule has 0 spiro atoms. The van der Waals surface area contributed by atoms with Crippen molar-refractivity contribution in [2.75, 3.05) is 18.5 Å². The highest BCUT2D eigenvalue weighted by atomic mass is 16.5. The summed E-state index contributed by atoms with van der Waals surface area (Å²) < 4.78 is 5.59. The van der Waals surface area contributed by atoms with E-state index in [1.54, 1.807) is 0 Å². The molecule has 1 unspecified atom stereocenters. The van der Waals surface area contributed by atoms with Gasteiger partial charge in [-0.1, -0.05) is 42.0 Å². The molecule has 1 aliphatic heterocycles. The Balaban J connectivity index is 1.77. The van der Waals surface area contributed by atoms with Crippen LogP contribution in [0.5, 0.6) is 5.75 Å². The van der Waals surface area contributed by atoms with Gasteiger partial charge >= 0.3 is 6.03 Å². The van der Waals surface area contributed by atoms with Gasteiger partial charge in [0.05, 0.1) is 18.3 Å². The molecule has 2 aromatic carbocycles. The van der Waals surface area contributed by atoms with Gasteiger partial charge in [0.25, 0.3) is 0 Å². The summed E-state index contributed by atoms with van der Waals surface area (Å²) in [7, 11) is 0. The van der Waals surface area contributed by atoms with Crippen LogP contribution < -0.4 is 10.1 Å². The van der Waals surface area contributed by atoms with Crippen molar-refractivity contribution < 1.29 is 9.53 Å². The molecule has 1 atom stereocenters. The lowest BCUT2D eigenvalue weighted by atomic mass is 10.0. The lowest BCUT2D eigenvalue weighted by Gasteiger charge is -2.26. The Morgan fingerprint density at radius 2 is 2.08 bits per heavy atom. The fourth-order valence-electron chi connectivity index (χ4n) is 3.27. The minimum Gasteiger partial charge on any atom is -0.492 e. The van der Waals surface area contributed by atoms with Crippen molar-refractivity contribution in [1.29, 1.82) is 0 Å². The molecule has 0 aliphatic carbocycles. The number of ether oxygens (including phenoxy) is 1. The highest BCUT2D eigenvalue weighted by molar-refractivity contribution is 5.91. The molecular formula is C20H24N2O2. The first-order chi connectivity index (χ1) is 11.7. The van der Waals surface area contributed by atoms with E-state index in [1.165, 1.54) is 11.1 Å². The van der Waals surface area contributed by atoms with Gasteiger partial charge in [0, 0.05) is 6.54 Å². The number of aryl methyl sites for hydroxylation is 1. The lowest BCUT2D eigenvalue weighted by Crippen LogP contribution is -2.34. The van der Waals surface area contributed by atoms with E-state index in [4.69, 9.17) is 4.74 Å². The maximum absolute atomic E-state index is 12.8. The molecule has 3 rings (SSSR count). The van der Waals surface area contributed by atoms with Crippen molar-refractivity contribution in [3.05, 3.63) is 59.7 Å². The van der Waals surface area contributed by atoms with Crippen molar-refractivity contribution in [1.82, 2.24) is 4.90 Å². The third kappa shape index (κ3) is 3.53. The van der Waals surface area contributed by atoms with Crippen LogP contribution in [0.2, 0.25) is 0 Å². The van der Waals surface area contributed by atoms with E-state index in [2.05, 4.69) is 36.5 Å². The molecule has 0 aromatic heterocycles. The summed E-state index contributed by atoms with van der Waals surface area (Å²) in [5.74, 6) is 0.708. The highest BCUT2D eigenvalue weighted by Gasteiger charge is 2.30. The van der Waals surface area contributed by atoms with E-state index in [0.29, 0.717) is 12.4 Å². The van der Waals surface area contributed by atoms with Gasteiger partial charge in [0.2, 0.25) is 0 Å². The van der Waals surface area contributed by atoms with E-state index in [0.717, 1.165) is 25.1 Å². The molecule has 2 aromatic rings. The largest absolute Gasteiger partial charge is 0.492 e. The number of nitrogens with one attached hydrogen (secondary N) is 1. The Hall–Kier alpha value is -2.49. The van der Waals surface area contributed by atoms with Crippen LogP contribution >= 0.6 is 0 Å².